The van der Waals surface area contributed by atoms with Gasteiger partial charge in [-0.2, -0.15) is 4.98 Å². The van der Waals surface area contributed by atoms with E-state index in [2.05, 4.69) is 30.8 Å². The summed E-state index contributed by atoms with van der Waals surface area (Å²) in [5.41, 5.74) is 0.533. The van der Waals surface area contributed by atoms with Gasteiger partial charge in [0.25, 0.3) is 0 Å². The van der Waals surface area contributed by atoms with E-state index in [1.54, 1.807) is 11.1 Å². The van der Waals surface area contributed by atoms with Crippen molar-refractivity contribution in [2.24, 2.45) is 0 Å². The van der Waals surface area contributed by atoms with Gasteiger partial charge in [0, 0.05) is 50.5 Å². The summed E-state index contributed by atoms with van der Waals surface area (Å²) in [4.78, 5) is 44.2. The van der Waals surface area contributed by atoms with Crippen molar-refractivity contribution in [3.63, 3.8) is 0 Å². The molecule has 6 rings (SSSR count). The quantitative estimate of drug-likeness (QED) is 0.595. The average Bonchev–Trinajstić information content (AvgIpc) is 3.56. The number of pyridine rings is 1. The van der Waals surface area contributed by atoms with Crippen molar-refractivity contribution >= 4 is 35.1 Å². The molecular formula is C23H28N8O2. The van der Waals surface area contributed by atoms with E-state index in [0.717, 1.165) is 57.5 Å². The number of nitrogens with zero attached hydrogens (tertiary/aromatic N) is 5. The molecule has 33 heavy (non-hydrogen) atoms. The lowest BCUT2D eigenvalue weighted by atomic mass is 9.81. The number of hydrogen-bond acceptors (Lipinski definition) is 8. The van der Waals surface area contributed by atoms with Crippen LogP contribution in [-0.4, -0.2) is 65.5 Å². The molecule has 3 aliphatic heterocycles. The fourth-order valence-corrected chi connectivity index (χ4v) is 5.61. The Hall–Kier alpha value is -3.27. The van der Waals surface area contributed by atoms with Crippen LogP contribution in [0.25, 0.3) is 0 Å². The SMILES string of the molecule is O=C1NCCC12C(=O)N(C1CCCC1)c1nc(Nc3ccc(N4CCNCC4)cn3)ncc12. The third kappa shape index (κ3) is 3.23. The second-order valence-electron chi connectivity index (χ2n) is 9.22. The Kier molecular flexibility index (Phi) is 4.90. The van der Waals surface area contributed by atoms with Crippen molar-refractivity contribution in [3.05, 3.63) is 30.1 Å². The van der Waals surface area contributed by atoms with Crippen molar-refractivity contribution in [1.29, 1.82) is 0 Å². The van der Waals surface area contributed by atoms with Crippen LogP contribution in [0, 0.1) is 0 Å². The van der Waals surface area contributed by atoms with Crippen LogP contribution < -0.4 is 25.8 Å². The predicted octanol–water partition coefficient (Wildman–Crippen LogP) is 1.07. The Labute approximate surface area is 192 Å². The molecule has 1 spiro atoms. The summed E-state index contributed by atoms with van der Waals surface area (Å²) in [6.07, 6.45) is 8.00. The first-order chi connectivity index (χ1) is 16.2. The number of rotatable bonds is 4. The van der Waals surface area contributed by atoms with Gasteiger partial charge in [0.1, 0.15) is 11.6 Å². The van der Waals surface area contributed by atoms with Crippen LogP contribution >= 0.6 is 0 Å². The molecule has 0 aromatic carbocycles. The van der Waals surface area contributed by atoms with Gasteiger partial charge in [0.2, 0.25) is 17.8 Å². The molecule has 3 fully saturated rings. The molecule has 10 nitrogen and oxygen atoms in total. The van der Waals surface area contributed by atoms with E-state index in [1.807, 2.05) is 18.3 Å². The molecule has 1 unspecified atom stereocenters. The van der Waals surface area contributed by atoms with Crippen molar-refractivity contribution < 1.29 is 9.59 Å². The second-order valence-corrected chi connectivity index (χ2v) is 9.22. The smallest absolute Gasteiger partial charge is 0.248 e. The van der Waals surface area contributed by atoms with E-state index in [-0.39, 0.29) is 17.9 Å². The van der Waals surface area contributed by atoms with Crippen LogP contribution in [0.4, 0.5) is 23.3 Å². The molecule has 0 radical (unpaired) electrons. The van der Waals surface area contributed by atoms with Crippen LogP contribution in [0.3, 0.4) is 0 Å². The van der Waals surface area contributed by atoms with Crippen molar-refractivity contribution in [3.8, 4) is 0 Å². The zero-order valence-electron chi connectivity index (χ0n) is 18.5. The lowest BCUT2D eigenvalue weighted by molar-refractivity contribution is -0.133. The largest absolute Gasteiger partial charge is 0.368 e. The van der Waals surface area contributed by atoms with Gasteiger partial charge >= 0.3 is 0 Å². The Balaban J connectivity index is 1.30. The van der Waals surface area contributed by atoms with Crippen LogP contribution in [0.15, 0.2) is 24.5 Å². The number of anilines is 4. The Bertz CT molecular complexity index is 1080. The number of hydrogen-bond donors (Lipinski definition) is 3. The summed E-state index contributed by atoms with van der Waals surface area (Å²) in [6.45, 7) is 4.36. The first-order valence-electron chi connectivity index (χ1n) is 11.8. The lowest BCUT2D eigenvalue weighted by Gasteiger charge is -2.29. The normalized spacial score (nSPS) is 25.1. The highest BCUT2D eigenvalue weighted by atomic mass is 16.2. The first kappa shape index (κ1) is 20.3. The number of fused-ring (bicyclic) bond motifs is 2. The summed E-state index contributed by atoms with van der Waals surface area (Å²) < 4.78 is 0. The average molecular weight is 449 g/mol. The Morgan fingerprint density at radius 3 is 2.55 bits per heavy atom. The van der Waals surface area contributed by atoms with Gasteiger partial charge in [-0.1, -0.05) is 12.8 Å². The maximum atomic E-state index is 13.6. The minimum Gasteiger partial charge on any atom is -0.368 e. The molecule has 172 valence electrons. The van der Waals surface area contributed by atoms with E-state index in [1.165, 1.54) is 0 Å². The molecule has 1 saturated carbocycles. The molecule has 2 aromatic rings. The van der Waals surface area contributed by atoms with E-state index in [9.17, 15) is 9.59 Å². The number of aromatic nitrogens is 3. The summed E-state index contributed by atoms with van der Waals surface area (Å²) in [7, 11) is 0. The third-order valence-electron chi connectivity index (χ3n) is 7.37. The van der Waals surface area contributed by atoms with Gasteiger partial charge in [-0.05, 0) is 31.4 Å². The minimum absolute atomic E-state index is 0.0863. The highest BCUT2D eigenvalue weighted by molar-refractivity contribution is 6.22. The van der Waals surface area contributed by atoms with Gasteiger partial charge in [0.05, 0.1) is 11.9 Å². The number of amides is 2. The molecule has 1 aliphatic carbocycles. The van der Waals surface area contributed by atoms with E-state index >= 15 is 0 Å². The summed E-state index contributed by atoms with van der Waals surface area (Å²) >= 11 is 0. The molecule has 2 aromatic heterocycles. The summed E-state index contributed by atoms with van der Waals surface area (Å²) in [5.74, 6) is 1.20. The maximum absolute atomic E-state index is 13.6. The van der Waals surface area contributed by atoms with E-state index in [0.29, 0.717) is 36.1 Å². The highest BCUT2D eigenvalue weighted by Gasteiger charge is 2.60. The van der Waals surface area contributed by atoms with Crippen molar-refractivity contribution in [1.82, 2.24) is 25.6 Å². The first-order valence-corrected chi connectivity index (χ1v) is 11.8. The van der Waals surface area contributed by atoms with Gasteiger partial charge < -0.3 is 20.9 Å². The topological polar surface area (TPSA) is 115 Å². The predicted molar refractivity (Wildman–Crippen MR) is 124 cm³/mol. The summed E-state index contributed by atoms with van der Waals surface area (Å²) in [5, 5.41) is 9.38. The zero-order chi connectivity index (χ0) is 22.4. The number of carbonyl (C=O) groups is 2. The van der Waals surface area contributed by atoms with Crippen LogP contribution in [0.1, 0.15) is 37.7 Å². The molecule has 10 heteroatoms. The van der Waals surface area contributed by atoms with Gasteiger partial charge in [0.15, 0.2) is 5.41 Å². The van der Waals surface area contributed by atoms with Crippen LogP contribution in [0.2, 0.25) is 0 Å². The van der Waals surface area contributed by atoms with Gasteiger partial charge in [-0.3, -0.25) is 14.5 Å². The molecule has 5 heterocycles. The van der Waals surface area contributed by atoms with Crippen molar-refractivity contribution in [2.75, 3.05) is 47.8 Å². The molecular weight excluding hydrogens is 420 g/mol. The fourth-order valence-electron chi connectivity index (χ4n) is 5.61. The third-order valence-corrected chi connectivity index (χ3v) is 7.37. The number of carbonyl (C=O) groups excluding carboxylic acids is 2. The Morgan fingerprint density at radius 2 is 1.85 bits per heavy atom. The molecule has 2 saturated heterocycles. The molecule has 4 aliphatic rings. The molecule has 1 atom stereocenters. The van der Waals surface area contributed by atoms with Gasteiger partial charge in [-0.15, -0.1) is 0 Å². The zero-order valence-corrected chi connectivity index (χ0v) is 18.5. The second kappa shape index (κ2) is 7.95. The molecule has 0 bridgehead atoms. The maximum Gasteiger partial charge on any atom is 0.248 e. The van der Waals surface area contributed by atoms with Crippen LogP contribution in [-0.2, 0) is 15.0 Å². The number of piperazine rings is 1. The van der Waals surface area contributed by atoms with Crippen molar-refractivity contribution in [2.45, 2.75) is 43.6 Å². The van der Waals surface area contributed by atoms with Gasteiger partial charge in [-0.25, -0.2) is 9.97 Å². The minimum atomic E-state index is -1.18. The highest BCUT2D eigenvalue weighted by Crippen LogP contribution is 2.47. The molecule has 2 amide bonds. The Morgan fingerprint density at radius 1 is 1.03 bits per heavy atom. The summed E-state index contributed by atoms with van der Waals surface area (Å²) in [6, 6.07) is 4.04. The lowest BCUT2D eigenvalue weighted by Crippen LogP contribution is -2.48. The van der Waals surface area contributed by atoms with E-state index < -0.39 is 5.41 Å². The molecule has 3 N–H and O–H groups in total. The fraction of sp³-hybridized carbons (Fsp3) is 0.522. The standard InChI is InChI=1S/C23H28N8O2/c32-20-23(7-8-25-20)17-14-27-22(29-19(17)31(21(23)33)15-3-1-2-4-15)28-18-6-5-16(13-26-18)30-11-9-24-10-12-30/h5-6,13-15,24H,1-4,7-12H2,(H,25,32)(H,26,27,28,29). The number of nitrogens with one attached hydrogen (secondary N) is 3. The monoisotopic (exact) mass is 448 g/mol. The van der Waals surface area contributed by atoms with Crippen LogP contribution in [0.5, 0.6) is 0 Å². The van der Waals surface area contributed by atoms with E-state index in [4.69, 9.17) is 4.98 Å².